The van der Waals surface area contributed by atoms with E-state index in [0.29, 0.717) is 16.6 Å². The third kappa shape index (κ3) is 4.55. The van der Waals surface area contributed by atoms with Crippen molar-refractivity contribution in [1.29, 1.82) is 0 Å². The summed E-state index contributed by atoms with van der Waals surface area (Å²) in [5.41, 5.74) is 8.54. The van der Waals surface area contributed by atoms with Crippen LogP contribution in [-0.2, 0) is 32.5 Å². The third-order valence-electron chi connectivity index (χ3n) is 8.35. The zero-order valence-electron chi connectivity index (χ0n) is 22.8. The Kier molecular flexibility index (Phi) is 6.73. The molecule has 6 rings (SSSR count). The van der Waals surface area contributed by atoms with Gasteiger partial charge in [0.05, 0.1) is 10.6 Å². The number of fused-ring (bicyclic) bond motifs is 4. The lowest BCUT2D eigenvalue weighted by atomic mass is 9.78. The van der Waals surface area contributed by atoms with Gasteiger partial charge in [0, 0.05) is 23.0 Å². The SMILES string of the molecule is CC(C)C1c2ccccc2C[S+]([O-])c2ccc(-c3ccc4c(c3)C(C(C)C)c3ccccc3S(=O)(=O)C4)cc21. The molecule has 3 unspecified atom stereocenters. The smallest absolute Gasteiger partial charge is 0.182 e. The Labute approximate surface area is 235 Å². The lowest BCUT2D eigenvalue weighted by molar-refractivity contribution is 0.553. The lowest BCUT2D eigenvalue weighted by Crippen LogP contribution is -2.12. The van der Waals surface area contributed by atoms with Gasteiger partial charge in [-0.3, -0.25) is 0 Å². The van der Waals surface area contributed by atoms with Gasteiger partial charge in [0.25, 0.3) is 0 Å². The summed E-state index contributed by atoms with van der Waals surface area (Å²) in [7, 11) is -3.44. The van der Waals surface area contributed by atoms with Gasteiger partial charge in [0.2, 0.25) is 0 Å². The summed E-state index contributed by atoms with van der Waals surface area (Å²) in [6.07, 6.45) is 0. The predicted molar refractivity (Wildman–Crippen MR) is 159 cm³/mol. The summed E-state index contributed by atoms with van der Waals surface area (Å²) in [4.78, 5) is 1.37. The molecule has 4 aromatic carbocycles. The van der Waals surface area contributed by atoms with Crippen LogP contribution in [0.2, 0.25) is 0 Å². The quantitative estimate of drug-likeness (QED) is 0.242. The van der Waals surface area contributed by atoms with Crippen LogP contribution in [0.5, 0.6) is 0 Å². The first-order chi connectivity index (χ1) is 18.7. The van der Waals surface area contributed by atoms with Gasteiger partial charge in [0.15, 0.2) is 14.7 Å². The molecule has 5 heteroatoms. The number of benzene rings is 4. The van der Waals surface area contributed by atoms with Gasteiger partial charge in [0.1, 0.15) is 5.75 Å². The van der Waals surface area contributed by atoms with Crippen molar-refractivity contribution in [3.8, 4) is 11.1 Å². The predicted octanol–water partition coefficient (Wildman–Crippen LogP) is 7.84. The van der Waals surface area contributed by atoms with Crippen LogP contribution >= 0.6 is 0 Å². The van der Waals surface area contributed by atoms with E-state index in [-0.39, 0.29) is 23.5 Å². The minimum absolute atomic E-state index is 0.0121. The molecule has 0 aromatic heterocycles. The fourth-order valence-electron chi connectivity index (χ4n) is 6.64. The maximum Gasteiger partial charge on any atom is 0.182 e. The molecular formula is C34H34O3S2. The van der Waals surface area contributed by atoms with E-state index in [0.717, 1.165) is 43.8 Å². The highest BCUT2D eigenvalue weighted by Gasteiger charge is 2.35. The number of rotatable bonds is 3. The zero-order chi connectivity index (χ0) is 27.5. The monoisotopic (exact) mass is 554 g/mol. The van der Waals surface area contributed by atoms with E-state index in [1.54, 1.807) is 6.07 Å². The van der Waals surface area contributed by atoms with Crippen molar-refractivity contribution in [2.75, 3.05) is 0 Å². The molecule has 39 heavy (non-hydrogen) atoms. The number of sulfone groups is 1. The van der Waals surface area contributed by atoms with Crippen molar-refractivity contribution in [1.82, 2.24) is 0 Å². The average Bonchev–Trinajstić information content (AvgIpc) is 3.09. The summed E-state index contributed by atoms with van der Waals surface area (Å²) in [5, 5.41) is 0. The molecule has 200 valence electrons. The van der Waals surface area contributed by atoms with Gasteiger partial charge < -0.3 is 4.55 Å². The van der Waals surface area contributed by atoms with Gasteiger partial charge in [-0.05, 0) is 80.7 Å². The Bertz CT molecular complexity index is 1670. The van der Waals surface area contributed by atoms with Crippen LogP contribution < -0.4 is 0 Å². The molecule has 0 radical (unpaired) electrons. The fraction of sp³-hybridized carbons (Fsp3) is 0.294. The molecule has 3 nitrogen and oxygen atoms in total. The van der Waals surface area contributed by atoms with Gasteiger partial charge in [-0.1, -0.05) is 88.4 Å². The Balaban J connectivity index is 1.53. The molecule has 0 fully saturated rings. The zero-order valence-corrected chi connectivity index (χ0v) is 24.5. The van der Waals surface area contributed by atoms with E-state index in [1.807, 2.05) is 36.4 Å². The molecule has 3 atom stereocenters. The van der Waals surface area contributed by atoms with Gasteiger partial charge in [-0.15, -0.1) is 0 Å². The summed E-state index contributed by atoms with van der Waals surface area (Å²) in [6.45, 7) is 8.80. The Hall–Kier alpha value is -2.86. The van der Waals surface area contributed by atoms with Crippen LogP contribution in [0, 0.1) is 11.8 Å². The molecule has 0 saturated heterocycles. The molecule has 0 spiro atoms. The molecule has 0 saturated carbocycles. The van der Waals surface area contributed by atoms with E-state index in [2.05, 4.69) is 70.2 Å². The number of hydrogen-bond acceptors (Lipinski definition) is 3. The van der Waals surface area contributed by atoms with Crippen molar-refractivity contribution in [3.63, 3.8) is 0 Å². The highest BCUT2D eigenvalue weighted by atomic mass is 32.2. The van der Waals surface area contributed by atoms with Crippen molar-refractivity contribution < 1.29 is 13.0 Å². The molecule has 2 aliphatic heterocycles. The maximum absolute atomic E-state index is 13.5. The highest BCUT2D eigenvalue weighted by molar-refractivity contribution is 7.91. The average molecular weight is 555 g/mol. The first-order valence-corrected chi connectivity index (χ1v) is 16.7. The minimum atomic E-state index is -3.44. The van der Waals surface area contributed by atoms with Crippen LogP contribution in [0.15, 0.2) is 94.7 Å². The van der Waals surface area contributed by atoms with E-state index in [9.17, 15) is 13.0 Å². The molecule has 0 N–H and O–H groups in total. The first-order valence-electron chi connectivity index (χ1n) is 13.7. The van der Waals surface area contributed by atoms with Crippen molar-refractivity contribution >= 4 is 21.0 Å². The van der Waals surface area contributed by atoms with Crippen molar-refractivity contribution in [2.24, 2.45) is 11.8 Å². The Morgan fingerprint density at radius 1 is 0.692 bits per heavy atom. The van der Waals surface area contributed by atoms with E-state index < -0.39 is 21.0 Å². The second-order valence-electron chi connectivity index (χ2n) is 11.6. The van der Waals surface area contributed by atoms with Gasteiger partial charge in [-0.2, -0.15) is 0 Å². The second kappa shape index (κ2) is 9.96. The van der Waals surface area contributed by atoms with E-state index >= 15 is 0 Å². The largest absolute Gasteiger partial charge is 0.611 e. The molecule has 0 aliphatic carbocycles. The molecule has 0 amide bonds. The first kappa shape index (κ1) is 26.4. The summed E-state index contributed by atoms with van der Waals surface area (Å²) in [6, 6.07) is 28.5. The summed E-state index contributed by atoms with van der Waals surface area (Å²) in [5.74, 6) is 1.26. The van der Waals surface area contributed by atoms with E-state index in [1.165, 1.54) is 5.56 Å². The molecule has 0 bridgehead atoms. The van der Waals surface area contributed by atoms with Crippen LogP contribution in [-0.4, -0.2) is 13.0 Å². The van der Waals surface area contributed by atoms with Crippen molar-refractivity contribution in [3.05, 3.63) is 118 Å². The maximum atomic E-state index is 13.5. The molecule has 2 aliphatic rings. The van der Waals surface area contributed by atoms with Crippen LogP contribution in [0.3, 0.4) is 0 Å². The van der Waals surface area contributed by atoms with Crippen molar-refractivity contribution in [2.45, 2.75) is 60.8 Å². The van der Waals surface area contributed by atoms with Crippen LogP contribution in [0.1, 0.15) is 72.9 Å². The van der Waals surface area contributed by atoms with Crippen LogP contribution in [0.4, 0.5) is 0 Å². The topological polar surface area (TPSA) is 57.2 Å². The van der Waals surface area contributed by atoms with Crippen LogP contribution in [0.25, 0.3) is 11.1 Å². The summed E-state index contributed by atoms with van der Waals surface area (Å²) < 4.78 is 40.2. The second-order valence-corrected chi connectivity index (χ2v) is 15.0. The normalized spacial score (nSPS) is 21.4. The molecule has 4 aromatic rings. The van der Waals surface area contributed by atoms with E-state index in [4.69, 9.17) is 0 Å². The van der Waals surface area contributed by atoms with Gasteiger partial charge in [-0.25, -0.2) is 8.42 Å². The fourth-order valence-corrected chi connectivity index (χ4v) is 9.67. The third-order valence-corrected chi connectivity index (χ3v) is 11.5. The standard InChI is InChI=1S/C34H34O3S2/c1-21(2)33-27-10-6-5-9-25(27)19-38(35)31-16-15-24(18-30(31)33)23-13-14-26-20-39(36,37)32-12-8-7-11-28(32)34(22(3)4)29(26)17-23/h5-18,21-22,33-34H,19-20H2,1-4H3. The van der Waals surface area contributed by atoms with Gasteiger partial charge >= 0.3 is 0 Å². The lowest BCUT2D eigenvalue weighted by Gasteiger charge is -2.25. The molecule has 2 heterocycles. The summed E-state index contributed by atoms with van der Waals surface area (Å²) >= 11 is -1.11. The Morgan fingerprint density at radius 3 is 2.00 bits per heavy atom. The highest BCUT2D eigenvalue weighted by Crippen LogP contribution is 2.45. The Morgan fingerprint density at radius 2 is 1.28 bits per heavy atom. The minimum Gasteiger partial charge on any atom is -0.611 e. The molecular weight excluding hydrogens is 521 g/mol. The number of hydrogen-bond donors (Lipinski definition) is 0.